The molecule has 3 aromatic carbocycles. The summed E-state index contributed by atoms with van der Waals surface area (Å²) in [5.74, 6) is 0.697. The molecule has 0 saturated carbocycles. The Hall–Kier alpha value is -4.06. The number of amides is 2. The zero-order valence-electron chi connectivity index (χ0n) is 19.8. The zero-order chi connectivity index (χ0) is 24.2. The van der Waals surface area contributed by atoms with Gasteiger partial charge in [-0.1, -0.05) is 42.5 Å². The van der Waals surface area contributed by atoms with E-state index in [1.807, 2.05) is 74.5 Å². The number of anilines is 1. The lowest BCUT2D eigenvalue weighted by Gasteiger charge is -2.16. The molecule has 1 aliphatic heterocycles. The van der Waals surface area contributed by atoms with E-state index in [2.05, 4.69) is 5.32 Å². The molecule has 3 aromatic rings. The first-order chi connectivity index (χ1) is 16.4. The first-order valence-corrected chi connectivity index (χ1v) is 11.1. The molecule has 2 amide bonds. The Morgan fingerprint density at radius 3 is 2.24 bits per heavy atom. The number of ether oxygens (including phenoxy) is 2. The van der Waals surface area contributed by atoms with E-state index < -0.39 is 0 Å². The Bertz CT molecular complexity index is 1260. The van der Waals surface area contributed by atoms with Gasteiger partial charge < -0.3 is 14.8 Å². The number of carbonyl (C=O) groups excluding carboxylic acids is 2. The van der Waals surface area contributed by atoms with Crippen molar-refractivity contribution < 1.29 is 19.1 Å². The predicted octanol–water partition coefficient (Wildman–Crippen LogP) is 4.76. The molecule has 6 heteroatoms. The Balaban J connectivity index is 1.68. The lowest BCUT2D eigenvalue weighted by Crippen LogP contribution is -2.34. The minimum Gasteiger partial charge on any atom is -0.497 e. The summed E-state index contributed by atoms with van der Waals surface area (Å²) in [4.78, 5) is 28.4. The number of imide groups is 1. The summed E-state index contributed by atoms with van der Waals surface area (Å²) >= 11 is 0. The van der Waals surface area contributed by atoms with Gasteiger partial charge in [-0.3, -0.25) is 14.5 Å². The maximum absolute atomic E-state index is 13.5. The minimum absolute atomic E-state index is 0.257. The molecular formula is C28H28N2O4. The van der Waals surface area contributed by atoms with Crippen molar-refractivity contribution in [1.82, 2.24) is 4.90 Å². The molecule has 0 atom stereocenters. The van der Waals surface area contributed by atoms with Crippen LogP contribution in [0.25, 0.3) is 5.57 Å². The van der Waals surface area contributed by atoms with Gasteiger partial charge in [-0.2, -0.15) is 0 Å². The molecule has 0 unspecified atom stereocenters. The van der Waals surface area contributed by atoms with Gasteiger partial charge in [-0.15, -0.1) is 0 Å². The van der Waals surface area contributed by atoms with Crippen molar-refractivity contribution in [2.75, 3.05) is 26.1 Å². The first kappa shape index (κ1) is 23.1. The first-order valence-electron chi connectivity index (χ1n) is 11.1. The summed E-state index contributed by atoms with van der Waals surface area (Å²) in [6.45, 7) is 4.29. The molecule has 0 aliphatic carbocycles. The Morgan fingerprint density at radius 1 is 0.824 bits per heavy atom. The Morgan fingerprint density at radius 2 is 1.56 bits per heavy atom. The van der Waals surface area contributed by atoms with Crippen molar-refractivity contribution >= 4 is 23.1 Å². The summed E-state index contributed by atoms with van der Waals surface area (Å²) in [6, 6.07) is 20.8. The van der Waals surface area contributed by atoms with Crippen molar-refractivity contribution in [2.45, 2.75) is 20.3 Å². The quantitative estimate of drug-likeness (QED) is 0.495. The smallest absolute Gasteiger partial charge is 0.278 e. The van der Waals surface area contributed by atoms with E-state index in [4.69, 9.17) is 9.47 Å². The highest BCUT2D eigenvalue weighted by atomic mass is 16.5. The van der Waals surface area contributed by atoms with Gasteiger partial charge in [0.25, 0.3) is 11.8 Å². The summed E-state index contributed by atoms with van der Waals surface area (Å²) in [6.07, 6.45) is 0.545. The third kappa shape index (κ3) is 4.53. The van der Waals surface area contributed by atoms with Crippen molar-refractivity contribution in [3.63, 3.8) is 0 Å². The molecule has 34 heavy (non-hydrogen) atoms. The van der Waals surface area contributed by atoms with Gasteiger partial charge in [0.15, 0.2) is 0 Å². The number of hydrogen-bond acceptors (Lipinski definition) is 5. The second kappa shape index (κ2) is 9.83. The van der Waals surface area contributed by atoms with Crippen molar-refractivity contribution in [1.29, 1.82) is 0 Å². The van der Waals surface area contributed by atoms with Gasteiger partial charge in [0.05, 0.1) is 25.5 Å². The van der Waals surface area contributed by atoms with Crippen LogP contribution in [-0.4, -0.2) is 37.5 Å². The molecule has 4 rings (SSSR count). The Labute approximate surface area is 199 Å². The molecule has 1 aliphatic rings. The van der Waals surface area contributed by atoms with Crippen LogP contribution in [0.2, 0.25) is 0 Å². The van der Waals surface area contributed by atoms with Gasteiger partial charge in [-0.05, 0) is 66.8 Å². The number of benzene rings is 3. The number of rotatable bonds is 8. The fourth-order valence-electron chi connectivity index (χ4n) is 3.98. The number of para-hydroxylation sites is 2. The van der Waals surface area contributed by atoms with Gasteiger partial charge in [0.1, 0.15) is 17.2 Å². The highest BCUT2D eigenvalue weighted by Crippen LogP contribution is 2.34. The number of carbonyl (C=O) groups is 2. The molecular weight excluding hydrogens is 428 g/mol. The van der Waals surface area contributed by atoms with Crippen LogP contribution < -0.4 is 14.8 Å². The Kier molecular flexibility index (Phi) is 6.68. The molecule has 0 fully saturated rings. The molecule has 0 radical (unpaired) electrons. The van der Waals surface area contributed by atoms with Crippen molar-refractivity contribution in [2.24, 2.45) is 0 Å². The second-order valence-corrected chi connectivity index (χ2v) is 8.23. The third-order valence-electron chi connectivity index (χ3n) is 6.11. The molecule has 1 N–H and O–H groups in total. The molecule has 0 aromatic heterocycles. The maximum Gasteiger partial charge on any atom is 0.278 e. The van der Waals surface area contributed by atoms with E-state index in [1.54, 1.807) is 20.3 Å². The zero-order valence-corrected chi connectivity index (χ0v) is 19.8. The topological polar surface area (TPSA) is 67.9 Å². The lowest BCUT2D eigenvalue weighted by atomic mass is 9.99. The molecule has 174 valence electrons. The van der Waals surface area contributed by atoms with Crippen LogP contribution in [0.1, 0.15) is 22.3 Å². The van der Waals surface area contributed by atoms with Crippen LogP contribution in [0.3, 0.4) is 0 Å². The normalized spacial score (nSPS) is 13.5. The largest absolute Gasteiger partial charge is 0.497 e. The van der Waals surface area contributed by atoms with Crippen LogP contribution >= 0.6 is 0 Å². The number of nitrogens with zero attached hydrogens (tertiary/aromatic N) is 1. The predicted molar refractivity (Wildman–Crippen MR) is 133 cm³/mol. The number of nitrogens with one attached hydrogen (secondary N) is 1. The average molecular weight is 457 g/mol. The van der Waals surface area contributed by atoms with Crippen LogP contribution in [-0.2, 0) is 16.0 Å². The third-order valence-corrected chi connectivity index (χ3v) is 6.11. The number of hydrogen-bond donors (Lipinski definition) is 1. The van der Waals surface area contributed by atoms with E-state index >= 15 is 0 Å². The van der Waals surface area contributed by atoms with Crippen LogP contribution in [0.15, 0.2) is 72.4 Å². The SMILES string of the molecule is COc1ccc(CCN2C(=O)C(Nc3ccccc3OC)=C(c3ccc(C)c(C)c3)C2=O)cc1. The van der Waals surface area contributed by atoms with Gasteiger partial charge >= 0.3 is 0 Å². The van der Waals surface area contributed by atoms with Crippen molar-refractivity contribution in [3.8, 4) is 11.5 Å². The summed E-state index contributed by atoms with van der Waals surface area (Å²) in [5.41, 5.74) is 5.15. The highest BCUT2D eigenvalue weighted by Gasteiger charge is 2.39. The minimum atomic E-state index is -0.349. The molecule has 0 bridgehead atoms. The molecule has 6 nitrogen and oxygen atoms in total. The van der Waals surface area contributed by atoms with E-state index in [-0.39, 0.29) is 24.1 Å². The average Bonchev–Trinajstić information content (AvgIpc) is 3.09. The second-order valence-electron chi connectivity index (χ2n) is 8.23. The van der Waals surface area contributed by atoms with Crippen LogP contribution in [0.5, 0.6) is 11.5 Å². The van der Waals surface area contributed by atoms with E-state index in [9.17, 15) is 9.59 Å². The summed E-state index contributed by atoms with van der Waals surface area (Å²) in [7, 11) is 3.19. The van der Waals surface area contributed by atoms with Crippen LogP contribution in [0, 0.1) is 13.8 Å². The molecule has 0 saturated heterocycles. The van der Waals surface area contributed by atoms with E-state index in [0.717, 1.165) is 22.4 Å². The van der Waals surface area contributed by atoms with Gasteiger partial charge in [-0.25, -0.2) is 0 Å². The van der Waals surface area contributed by atoms with E-state index in [0.29, 0.717) is 29.0 Å². The summed E-state index contributed by atoms with van der Waals surface area (Å²) < 4.78 is 10.6. The van der Waals surface area contributed by atoms with Crippen molar-refractivity contribution in [3.05, 3.63) is 94.7 Å². The molecule has 0 spiro atoms. The lowest BCUT2D eigenvalue weighted by molar-refractivity contribution is -0.136. The van der Waals surface area contributed by atoms with Crippen LogP contribution in [0.4, 0.5) is 5.69 Å². The fourth-order valence-corrected chi connectivity index (χ4v) is 3.98. The monoisotopic (exact) mass is 456 g/mol. The maximum atomic E-state index is 13.5. The summed E-state index contributed by atoms with van der Waals surface area (Å²) in [5, 5.41) is 3.19. The van der Waals surface area contributed by atoms with Gasteiger partial charge in [0.2, 0.25) is 0 Å². The van der Waals surface area contributed by atoms with E-state index in [1.165, 1.54) is 4.90 Å². The molecule has 1 heterocycles. The standard InChI is InChI=1S/C28H28N2O4/c1-18-9-12-21(17-19(18)2)25-26(29-23-7-5-6-8-24(23)34-4)28(32)30(27(25)31)16-15-20-10-13-22(33-3)14-11-20/h5-14,17,29H,15-16H2,1-4H3. The van der Waals surface area contributed by atoms with Gasteiger partial charge in [0, 0.05) is 6.54 Å². The highest BCUT2D eigenvalue weighted by molar-refractivity contribution is 6.36. The number of aryl methyl sites for hydroxylation is 2. The fraction of sp³-hybridized carbons (Fsp3) is 0.214. The number of methoxy groups -OCH3 is 2.